The van der Waals surface area contributed by atoms with Crippen LogP contribution in [0.25, 0.3) is 11.3 Å². The minimum Gasteiger partial charge on any atom is -0.493 e. The van der Waals surface area contributed by atoms with E-state index in [2.05, 4.69) is 15.5 Å². The van der Waals surface area contributed by atoms with Crippen LogP contribution in [0.4, 0.5) is 0 Å². The van der Waals surface area contributed by atoms with Crippen molar-refractivity contribution in [2.45, 2.75) is 13.5 Å². The second kappa shape index (κ2) is 8.90. The molecule has 1 N–H and O–H groups in total. The molecule has 0 fully saturated rings. The van der Waals surface area contributed by atoms with Crippen molar-refractivity contribution in [3.8, 4) is 28.7 Å². The average Bonchev–Trinajstić information content (AvgIpc) is 3.21. The van der Waals surface area contributed by atoms with Gasteiger partial charge < -0.3 is 24.1 Å². The number of hydrogen-bond acceptors (Lipinski definition) is 7. The maximum atomic E-state index is 12.4. The van der Waals surface area contributed by atoms with E-state index < -0.39 is 0 Å². The predicted octanol–water partition coefficient (Wildman–Crippen LogP) is 3.08. The molecule has 3 aromatic rings. The number of hydrogen-bond donors (Lipinski definition) is 1. The molecule has 2 aromatic heterocycles. The van der Waals surface area contributed by atoms with Gasteiger partial charge in [-0.1, -0.05) is 5.16 Å². The number of benzene rings is 1. The van der Waals surface area contributed by atoms with Gasteiger partial charge in [0.1, 0.15) is 11.3 Å². The fraction of sp³-hybridized carbons (Fsp3) is 0.250. The summed E-state index contributed by atoms with van der Waals surface area (Å²) in [4.78, 5) is 16.5. The Morgan fingerprint density at radius 3 is 2.71 bits per heavy atom. The molecule has 0 aliphatic heterocycles. The molecule has 3 rings (SSSR count). The highest BCUT2D eigenvalue weighted by Gasteiger charge is 2.15. The largest absolute Gasteiger partial charge is 0.493 e. The molecule has 28 heavy (non-hydrogen) atoms. The predicted molar refractivity (Wildman–Crippen MR) is 102 cm³/mol. The van der Waals surface area contributed by atoms with Gasteiger partial charge in [-0.3, -0.25) is 4.79 Å². The third-order valence-corrected chi connectivity index (χ3v) is 3.95. The molecule has 146 valence electrons. The van der Waals surface area contributed by atoms with Crippen molar-refractivity contribution < 1.29 is 23.5 Å². The van der Waals surface area contributed by atoms with Gasteiger partial charge in [-0.05, 0) is 37.3 Å². The zero-order valence-electron chi connectivity index (χ0n) is 15.9. The normalized spacial score (nSPS) is 10.4. The lowest BCUT2D eigenvalue weighted by Gasteiger charge is -2.08. The summed E-state index contributed by atoms with van der Waals surface area (Å²) in [6.45, 7) is 2.47. The number of carbonyl (C=O) groups is 1. The molecular formula is C20H21N3O5. The lowest BCUT2D eigenvalue weighted by molar-refractivity contribution is 0.0945. The summed E-state index contributed by atoms with van der Waals surface area (Å²) in [5.74, 6) is 1.77. The summed E-state index contributed by atoms with van der Waals surface area (Å²) in [6, 6.07) is 10.5. The molecule has 8 heteroatoms. The fourth-order valence-corrected chi connectivity index (χ4v) is 2.60. The average molecular weight is 383 g/mol. The summed E-state index contributed by atoms with van der Waals surface area (Å²) in [7, 11) is 3.14. The molecule has 2 heterocycles. The number of aromatic nitrogens is 2. The highest BCUT2D eigenvalue weighted by atomic mass is 16.5. The first-order valence-electron chi connectivity index (χ1n) is 8.70. The van der Waals surface area contributed by atoms with E-state index in [9.17, 15) is 4.79 Å². The quantitative estimate of drug-likeness (QED) is 0.638. The number of pyridine rings is 1. The van der Waals surface area contributed by atoms with Gasteiger partial charge in [0, 0.05) is 17.8 Å². The lowest BCUT2D eigenvalue weighted by Crippen LogP contribution is -2.24. The number of nitrogens with one attached hydrogen (secondary N) is 1. The standard InChI is InChI=1S/C20H21N3O5/c1-4-27-20-15(6-5-9-21-20)19(24)22-12-14-11-17(28-23-14)13-7-8-16(25-2)18(10-13)26-3/h5-11H,4,12H2,1-3H3,(H,22,24). The molecule has 1 amide bonds. The fourth-order valence-electron chi connectivity index (χ4n) is 2.60. The third kappa shape index (κ3) is 4.22. The van der Waals surface area contributed by atoms with Crippen LogP contribution in [0, 0.1) is 0 Å². The summed E-state index contributed by atoms with van der Waals surface area (Å²) in [6.07, 6.45) is 1.58. The van der Waals surface area contributed by atoms with E-state index in [1.54, 1.807) is 50.7 Å². The molecule has 0 spiro atoms. The molecule has 0 radical (unpaired) electrons. The number of methoxy groups -OCH3 is 2. The van der Waals surface area contributed by atoms with Crippen LogP contribution in [-0.4, -0.2) is 36.9 Å². The molecule has 0 aliphatic carbocycles. The van der Waals surface area contributed by atoms with E-state index in [-0.39, 0.29) is 12.5 Å². The van der Waals surface area contributed by atoms with Gasteiger partial charge in [-0.25, -0.2) is 4.98 Å². The molecule has 0 bridgehead atoms. The Hall–Kier alpha value is -3.55. The van der Waals surface area contributed by atoms with Crippen molar-refractivity contribution >= 4 is 5.91 Å². The van der Waals surface area contributed by atoms with Crippen LogP contribution in [0.1, 0.15) is 23.0 Å². The Labute approximate surface area is 162 Å². The molecule has 0 saturated carbocycles. The second-order valence-electron chi connectivity index (χ2n) is 5.72. The molecule has 0 saturated heterocycles. The van der Waals surface area contributed by atoms with Crippen LogP contribution >= 0.6 is 0 Å². The molecule has 0 aliphatic rings. The van der Waals surface area contributed by atoms with Crippen LogP contribution in [0.15, 0.2) is 47.1 Å². The minimum atomic E-state index is -0.299. The first-order valence-corrected chi connectivity index (χ1v) is 8.70. The first-order chi connectivity index (χ1) is 13.7. The Morgan fingerprint density at radius 1 is 1.14 bits per heavy atom. The number of rotatable bonds is 8. The molecule has 8 nitrogen and oxygen atoms in total. The van der Waals surface area contributed by atoms with Gasteiger partial charge in [-0.2, -0.15) is 0 Å². The summed E-state index contributed by atoms with van der Waals surface area (Å²) in [5, 5.41) is 6.80. The molecular weight excluding hydrogens is 362 g/mol. The van der Waals surface area contributed by atoms with E-state index in [0.717, 1.165) is 5.56 Å². The van der Waals surface area contributed by atoms with Crippen LogP contribution in [0.5, 0.6) is 17.4 Å². The van der Waals surface area contributed by atoms with E-state index in [1.165, 1.54) is 0 Å². The first kappa shape index (κ1) is 19.2. The van der Waals surface area contributed by atoms with Gasteiger partial charge in [0.05, 0.1) is 27.4 Å². The number of amides is 1. The van der Waals surface area contributed by atoms with Crippen molar-refractivity contribution in [2.75, 3.05) is 20.8 Å². The SMILES string of the molecule is CCOc1ncccc1C(=O)NCc1cc(-c2ccc(OC)c(OC)c2)on1. The lowest BCUT2D eigenvalue weighted by atomic mass is 10.1. The molecule has 0 unspecified atom stereocenters. The Morgan fingerprint density at radius 2 is 1.96 bits per heavy atom. The van der Waals surface area contributed by atoms with Crippen molar-refractivity contribution in [3.63, 3.8) is 0 Å². The van der Waals surface area contributed by atoms with E-state index in [1.807, 2.05) is 13.0 Å². The van der Waals surface area contributed by atoms with Gasteiger partial charge >= 0.3 is 0 Å². The van der Waals surface area contributed by atoms with Gasteiger partial charge in [0.15, 0.2) is 17.3 Å². The summed E-state index contributed by atoms with van der Waals surface area (Å²) < 4.78 is 21.3. The van der Waals surface area contributed by atoms with Crippen LogP contribution in [0.3, 0.4) is 0 Å². The van der Waals surface area contributed by atoms with Crippen LogP contribution in [0.2, 0.25) is 0 Å². The van der Waals surface area contributed by atoms with Gasteiger partial charge in [0.2, 0.25) is 5.88 Å². The zero-order chi connectivity index (χ0) is 19.9. The Kier molecular flexibility index (Phi) is 6.11. The highest BCUT2D eigenvalue weighted by Crippen LogP contribution is 2.32. The van der Waals surface area contributed by atoms with E-state index in [0.29, 0.717) is 41.0 Å². The zero-order valence-corrected chi connectivity index (χ0v) is 15.9. The Bertz CT molecular complexity index is 955. The summed E-state index contributed by atoms with van der Waals surface area (Å²) >= 11 is 0. The van der Waals surface area contributed by atoms with Crippen molar-refractivity contribution in [2.24, 2.45) is 0 Å². The molecule has 0 atom stereocenters. The number of nitrogens with zero attached hydrogens (tertiary/aromatic N) is 2. The third-order valence-electron chi connectivity index (χ3n) is 3.95. The molecule has 1 aromatic carbocycles. The van der Waals surface area contributed by atoms with Crippen LogP contribution in [-0.2, 0) is 6.54 Å². The maximum Gasteiger partial charge on any atom is 0.257 e. The maximum absolute atomic E-state index is 12.4. The van der Waals surface area contributed by atoms with E-state index in [4.69, 9.17) is 18.7 Å². The summed E-state index contributed by atoms with van der Waals surface area (Å²) in [5.41, 5.74) is 1.74. The van der Waals surface area contributed by atoms with E-state index >= 15 is 0 Å². The number of ether oxygens (including phenoxy) is 3. The minimum absolute atomic E-state index is 0.204. The van der Waals surface area contributed by atoms with Gasteiger partial charge in [-0.15, -0.1) is 0 Å². The van der Waals surface area contributed by atoms with Gasteiger partial charge in [0.25, 0.3) is 5.91 Å². The second-order valence-corrected chi connectivity index (χ2v) is 5.72. The monoisotopic (exact) mass is 383 g/mol. The topological polar surface area (TPSA) is 95.7 Å². The van der Waals surface area contributed by atoms with Crippen LogP contribution < -0.4 is 19.5 Å². The highest BCUT2D eigenvalue weighted by molar-refractivity contribution is 5.96. The smallest absolute Gasteiger partial charge is 0.257 e. The Balaban J connectivity index is 1.69. The van der Waals surface area contributed by atoms with Crippen molar-refractivity contribution in [1.82, 2.24) is 15.5 Å². The number of carbonyl (C=O) groups excluding carboxylic acids is 1. The van der Waals surface area contributed by atoms with Crippen molar-refractivity contribution in [3.05, 3.63) is 53.9 Å². The van der Waals surface area contributed by atoms with Crippen molar-refractivity contribution in [1.29, 1.82) is 0 Å².